The smallest absolute Gasteiger partial charge is 0.238 e. The Balaban J connectivity index is 2.35. The van der Waals surface area contributed by atoms with Crippen molar-refractivity contribution in [3.05, 3.63) is 45.6 Å². The molecular weight excluding hydrogens is 283 g/mol. The summed E-state index contributed by atoms with van der Waals surface area (Å²) in [5.74, 6) is 0.998. The van der Waals surface area contributed by atoms with E-state index >= 15 is 0 Å². The number of pyridine rings is 1. The van der Waals surface area contributed by atoms with E-state index in [1.807, 2.05) is 26.0 Å². The lowest BCUT2D eigenvalue weighted by molar-refractivity contribution is 0.462. The number of nitrogens with zero attached hydrogens (tertiary/aromatic N) is 1. The average molecular weight is 297 g/mol. The molecular formula is C14H14Cl2N2O. The number of benzene rings is 1. The van der Waals surface area contributed by atoms with Gasteiger partial charge in [0.25, 0.3) is 0 Å². The molecule has 1 aromatic carbocycles. The third kappa shape index (κ3) is 3.11. The van der Waals surface area contributed by atoms with Crippen molar-refractivity contribution in [3.63, 3.8) is 0 Å². The fraction of sp³-hybridized carbons (Fsp3) is 0.214. The lowest BCUT2D eigenvalue weighted by Crippen LogP contribution is -1.98. The Morgan fingerprint density at radius 1 is 1.26 bits per heavy atom. The lowest BCUT2D eigenvalue weighted by atomic mass is 10.1. The standard InChI is InChI=1S/C14H14Cl2N2O/c1-3-9-5-11(4-8(2)13(9)17)19-14-12(16)6-10(15)7-18-14/h4-7H,3,17H2,1-2H3. The minimum atomic E-state index is 0.331. The van der Waals surface area contributed by atoms with Crippen LogP contribution in [0.25, 0.3) is 0 Å². The van der Waals surface area contributed by atoms with E-state index < -0.39 is 0 Å². The largest absolute Gasteiger partial charge is 0.438 e. The van der Waals surface area contributed by atoms with Crippen molar-refractivity contribution in [3.8, 4) is 11.6 Å². The first-order valence-corrected chi connectivity index (χ1v) is 6.64. The van der Waals surface area contributed by atoms with E-state index in [4.69, 9.17) is 33.7 Å². The molecule has 0 atom stereocenters. The quantitative estimate of drug-likeness (QED) is 0.840. The van der Waals surface area contributed by atoms with Crippen LogP contribution >= 0.6 is 23.2 Å². The summed E-state index contributed by atoms with van der Waals surface area (Å²) in [5, 5.41) is 0.847. The van der Waals surface area contributed by atoms with E-state index in [0.29, 0.717) is 21.7 Å². The van der Waals surface area contributed by atoms with Crippen molar-refractivity contribution >= 4 is 28.9 Å². The van der Waals surface area contributed by atoms with Crippen LogP contribution in [0.2, 0.25) is 10.0 Å². The summed E-state index contributed by atoms with van der Waals surface area (Å²) in [7, 11) is 0. The zero-order valence-electron chi connectivity index (χ0n) is 10.7. The van der Waals surface area contributed by atoms with Crippen LogP contribution in [0.15, 0.2) is 24.4 Å². The maximum atomic E-state index is 6.03. The first-order valence-electron chi connectivity index (χ1n) is 5.89. The molecule has 0 spiro atoms. The zero-order chi connectivity index (χ0) is 14.0. The van der Waals surface area contributed by atoms with Crippen LogP contribution in [-0.4, -0.2) is 4.98 Å². The molecule has 1 heterocycles. The first-order chi connectivity index (χ1) is 9.01. The highest BCUT2D eigenvalue weighted by Gasteiger charge is 2.09. The maximum absolute atomic E-state index is 6.03. The van der Waals surface area contributed by atoms with Crippen molar-refractivity contribution in [1.82, 2.24) is 4.98 Å². The SMILES string of the molecule is CCc1cc(Oc2ncc(Cl)cc2Cl)cc(C)c1N. The Kier molecular flexibility index (Phi) is 4.17. The highest BCUT2D eigenvalue weighted by Crippen LogP contribution is 2.32. The number of ether oxygens (including phenoxy) is 1. The van der Waals surface area contributed by atoms with Gasteiger partial charge in [0.05, 0.1) is 5.02 Å². The van der Waals surface area contributed by atoms with Gasteiger partial charge in [-0.2, -0.15) is 0 Å². The highest BCUT2D eigenvalue weighted by atomic mass is 35.5. The number of hydrogen-bond acceptors (Lipinski definition) is 3. The summed E-state index contributed by atoms with van der Waals surface area (Å²) in [6.45, 7) is 3.99. The van der Waals surface area contributed by atoms with Crippen LogP contribution < -0.4 is 10.5 Å². The van der Waals surface area contributed by atoms with Crippen LogP contribution in [0.1, 0.15) is 18.1 Å². The molecule has 0 saturated heterocycles. The fourth-order valence-electron chi connectivity index (χ4n) is 1.78. The fourth-order valence-corrected chi connectivity index (χ4v) is 2.19. The molecule has 1 aromatic heterocycles. The van der Waals surface area contributed by atoms with Gasteiger partial charge >= 0.3 is 0 Å². The van der Waals surface area contributed by atoms with E-state index in [1.54, 1.807) is 6.07 Å². The third-order valence-electron chi connectivity index (χ3n) is 2.82. The highest BCUT2D eigenvalue weighted by molar-refractivity contribution is 6.35. The summed E-state index contributed by atoms with van der Waals surface area (Å²) in [6, 6.07) is 5.35. The van der Waals surface area contributed by atoms with Crippen LogP contribution in [0.4, 0.5) is 5.69 Å². The predicted molar refractivity (Wildman–Crippen MR) is 79.3 cm³/mol. The monoisotopic (exact) mass is 296 g/mol. The van der Waals surface area contributed by atoms with E-state index in [-0.39, 0.29) is 0 Å². The molecule has 2 aromatic rings. The molecule has 0 aliphatic carbocycles. The Hall–Kier alpha value is -1.45. The summed E-state index contributed by atoms with van der Waals surface area (Å²) >= 11 is 11.8. The molecule has 2 N–H and O–H groups in total. The summed E-state index contributed by atoms with van der Waals surface area (Å²) in [4.78, 5) is 4.06. The number of hydrogen-bond donors (Lipinski definition) is 1. The van der Waals surface area contributed by atoms with Crippen LogP contribution in [0.5, 0.6) is 11.6 Å². The molecule has 100 valence electrons. The van der Waals surface area contributed by atoms with Gasteiger partial charge in [-0.15, -0.1) is 0 Å². The van der Waals surface area contributed by atoms with Gasteiger partial charge in [0.1, 0.15) is 10.8 Å². The normalized spacial score (nSPS) is 10.5. The van der Waals surface area contributed by atoms with Gasteiger partial charge in [0.15, 0.2) is 0 Å². The first kappa shape index (κ1) is 14.0. The topological polar surface area (TPSA) is 48.1 Å². The van der Waals surface area contributed by atoms with Gasteiger partial charge in [-0.05, 0) is 42.7 Å². The molecule has 19 heavy (non-hydrogen) atoms. The van der Waals surface area contributed by atoms with Crippen molar-refractivity contribution < 1.29 is 4.74 Å². The predicted octanol–water partition coefficient (Wildman–Crippen LogP) is 4.63. The molecule has 0 aliphatic heterocycles. The van der Waals surface area contributed by atoms with Crippen molar-refractivity contribution in [2.75, 3.05) is 5.73 Å². The Bertz CT molecular complexity index is 615. The van der Waals surface area contributed by atoms with E-state index in [0.717, 1.165) is 23.2 Å². The number of halogens is 2. The minimum absolute atomic E-state index is 0.331. The van der Waals surface area contributed by atoms with Gasteiger partial charge in [-0.3, -0.25) is 0 Å². The molecule has 2 rings (SSSR count). The number of aromatic nitrogens is 1. The second kappa shape index (κ2) is 5.68. The lowest BCUT2D eigenvalue weighted by Gasteiger charge is -2.12. The Morgan fingerprint density at radius 2 is 2.00 bits per heavy atom. The van der Waals surface area contributed by atoms with Crippen molar-refractivity contribution in [1.29, 1.82) is 0 Å². The molecule has 0 unspecified atom stereocenters. The van der Waals surface area contributed by atoms with Crippen molar-refractivity contribution in [2.45, 2.75) is 20.3 Å². The van der Waals surface area contributed by atoms with Crippen molar-refractivity contribution in [2.24, 2.45) is 0 Å². The molecule has 0 fully saturated rings. The minimum Gasteiger partial charge on any atom is -0.438 e. The van der Waals surface area contributed by atoms with Gasteiger partial charge in [-0.1, -0.05) is 30.1 Å². The average Bonchev–Trinajstić information content (AvgIpc) is 2.37. The number of rotatable bonds is 3. The van der Waals surface area contributed by atoms with Gasteiger partial charge in [0.2, 0.25) is 5.88 Å². The number of nitrogens with two attached hydrogens (primary N) is 1. The van der Waals surface area contributed by atoms with E-state index in [9.17, 15) is 0 Å². The van der Waals surface area contributed by atoms with Gasteiger partial charge in [-0.25, -0.2) is 4.98 Å². The van der Waals surface area contributed by atoms with E-state index in [2.05, 4.69) is 4.98 Å². The molecule has 0 bridgehead atoms. The van der Waals surface area contributed by atoms with Gasteiger partial charge < -0.3 is 10.5 Å². The number of anilines is 1. The van der Waals surface area contributed by atoms with E-state index in [1.165, 1.54) is 6.20 Å². The summed E-state index contributed by atoms with van der Waals surface area (Å²) in [5.41, 5.74) is 8.80. The second-order valence-corrected chi connectivity index (χ2v) is 5.05. The van der Waals surface area contributed by atoms with Gasteiger partial charge in [0, 0.05) is 11.9 Å². The van der Waals surface area contributed by atoms with Crippen LogP contribution in [-0.2, 0) is 6.42 Å². The molecule has 0 aliphatic rings. The Labute approximate surface area is 122 Å². The molecule has 0 saturated carbocycles. The maximum Gasteiger partial charge on any atom is 0.238 e. The molecule has 0 amide bonds. The summed E-state index contributed by atoms with van der Waals surface area (Å²) in [6.07, 6.45) is 2.33. The summed E-state index contributed by atoms with van der Waals surface area (Å²) < 4.78 is 5.69. The Morgan fingerprint density at radius 3 is 2.63 bits per heavy atom. The number of nitrogen functional groups attached to an aromatic ring is 1. The van der Waals surface area contributed by atoms with Crippen LogP contribution in [0.3, 0.4) is 0 Å². The van der Waals surface area contributed by atoms with Crippen LogP contribution in [0, 0.1) is 6.92 Å². The molecule has 0 radical (unpaired) electrons. The molecule has 5 heteroatoms. The number of aryl methyl sites for hydroxylation is 2. The molecule has 3 nitrogen and oxygen atoms in total. The second-order valence-electron chi connectivity index (χ2n) is 4.21. The third-order valence-corrected chi connectivity index (χ3v) is 3.29. The zero-order valence-corrected chi connectivity index (χ0v) is 12.2.